The molecular weight excluding hydrogens is 362 g/mol. The van der Waals surface area contributed by atoms with E-state index in [-0.39, 0.29) is 17.7 Å². The molecule has 0 bridgehead atoms. The van der Waals surface area contributed by atoms with Crippen LogP contribution < -0.4 is 4.74 Å². The molecule has 144 valence electrons. The minimum Gasteiger partial charge on any atom is -0.504 e. The van der Waals surface area contributed by atoms with Crippen LogP contribution in [0.25, 0.3) is 0 Å². The van der Waals surface area contributed by atoms with Crippen LogP contribution in [0, 0.1) is 0 Å². The highest BCUT2D eigenvalue weighted by atomic mass is 32.1. The fourth-order valence-electron chi connectivity index (χ4n) is 3.24. The number of carbonyl (C=O) groups excluding carboxylic acids is 1. The zero-order chi connectivity index (χ0) is 19.4. The number of thiophene rings is 1. The fourth-order valence-corrected chi connectivity index (χ4v) is 4.05. The Morgan fingerprint density at radius 3 is 2.74 bits per heavy atom. The first kappa shape index (κ1) is 19.4. The van der Waals surface area contributed by atoms with Crippen molar-refractivity contribution >= 4 is 23.0 Å². The zero-order valence-corrected chi connectivity index (χ0v) is 16.7. The molecule has 0 radical (unpaired) electrons. The summed E-state index contributed by atoms with van der Waals surface area (Å²) in [7, 11) is 1.52. The molecule has 2 heterocycles. The summed E-state index contributed by atoms with van der Waals surface area (Å²) in [5.41, 5.74) is 1.30. The van der Waals surface area contributed by atoms with Crippen LogP contribution in [0.15, 0.2) is 40.8 Å². The number of ether oxygens (including phenoxy) is 1. The monoisotopic (exact) mass is 387 g/mol. The molecule has 0 spiro atoms. The number of hydrazone groups is 1. The van der Waals surface area contributed by atoms with E-state index in [4.69, 9.17) is 4.74 Å². The van der Waals surface area contributed by atoms with Gasteiger partial charge in [0.2, 0.25) is 0 Å². The van der Waals surface area contributed by atoms with Crippen LogP contribution in [0.3, 0.4) is 0 Å². The van der Waals surface area contributed by atoms with Crippen LogP contribution in [0.4, 0.5) is 0 Å². The molecule has 1 aromatic heterocycles. The van der Waals surface area contributed by atoms with Crippen molar-refractivity contribution in [3.05, 3.63) is 46.2 Å². The number of hydrogen-bond acceptors (Lipinski definition) is 6. The maximum Gasteiger partial charge on any atom is 0.257 e. The van der Waals surface area contributed by atoms with Crippen LogP contribution >= 0.6 is 11.3 Å². The molecule has 1 aromatic carbocycles. The van der Waals surface area contributed by atoms with E-state index in [0.717, 1.165) is 18.0 Å². The van der Waals surface area contributed by atoms with Gasteiger partial charge in [0.05, 0.1) is 25.4 Å². The maximum atomic E-state index is 13.0. The van der Waals surface area contributed by atoms with Crippen LogP contribution in [-0.4, -0.2) is 53.4 Å². The molecule has 0 saturated heterocycles. The molecular formula is C20H25N3O3S. The summed E-state index contributed by atoms with van der Waals surface area (Å²) >= 11 is 1.61. The lowest BCUT2D eigenvalue weighted by Gasteiger charge is -2.24. The van der Waals surface area contributed by atoms with E-state index in [0.29, 0.717) is 30.0 Å². The van der Waals surface area contributed by atoms with Crippen molar-refractivity contribution in [2.45, 2.75) is 26.3 Å². The molecule has 0 fully saturated rings. The van der Waals surface area contributed by atoms with E-state index in [9.17, 15) is 9.90 Å². The number of methoxy groups -OCH3 is 1. The number of benzene rings is 1. The summed E-state index contributed by atoms with van der Waals surface area (Å²) in [6.07, 6.45) is 0.561. The second kappa shape index (κ2) is 8.54. The van der Waals surface area contributed by atoms with Crippen molar-refractivity contribution in [2.75, 3.05) is 26.7 Å². The van der Waals surface area contributed by atoms with Crippen molar-refractivity contribution in [2.24, 2.45) is 5.10 Å². The molecule has 1 amide bonds. The first-order valence-electron chi connectivity index (χ1n) is 9.10. The Morgan fingerprint density at radius 1 is 1.33 bits per heavy atom. The van der Waals surface area contributed by atoms with Gasteiger partial charge >= 0.3 is 0 Å². The lowest BCUT2D eigenvalue weighted by molar-refractivity contribution is -0.134. The average molecular weight is 388 g/mol. The van der Waals surface area contributed by atoms with Crippen molar-refractivity contribution in [3.63, 3.8) is 0 Å². The average Bonchev–Trinajstić information content (AvgIpc) is 3.35. The minimum absolute atomic E-state index is 0.0329. The van der Waals surface area contributed by atoms with Gasteiger partial charge in [0.1, 0.15) is 0 Å². The number of hydrogen-bond donors (Lipinski definition) is 1. The molecule has 0 aliphatic carbocycles. The van der Waals surface area contributed by atoms with E-state index < -0.39 is 0 Å². The van der Waals surface area contributed by atoms with Gasteiger partial charge in [0.15, 0.2) is 11.5 Å². The molecule has 27 heavy (non-hydrogen) atoms. The Hall–Kier alpha value is -2.38. The molecule has 1 aliphatic heterocycles. The van der Waals surface area contributed by atoms with Gasteiger partial charge in [-0.15, -0.1) is 11.3 Å². The molecule has 7 heteroatoms. The summed E-state index contributed by atoms with van der Waals surface area (Å²) in [5.74, 6) is 0.423. The van der Waals surface area contributed by atoms with Gasteiger partial charge in [-0.2, -0.15) is 5.10 Å². The third kappa shape index (κ3) is 3.99. The maximum absolute atomic E-state index is 13.0. The number of amides is 1. The third-order valence-corrected chi connectivity index (χ3v) is 5.79. The number of nitrogens with zero attached hydrogens (tertiary/aromatic N) is 3. The van der Waals surface area contributed by atoms with E-state index in [2.05, 4.69) is 10.0 Å². The molecule has 1 atom stereocenters. The first-order valence-corrected chi connectivity index (χ1v) is 9.98. The number of para-hydroxylation sites is 1. The first-order chi connectivity index (χ1) is 13.1. The Bertz CT molecular complexity index is 816. The van der Waals surface area contributed by atoms with Gasteiger partial charge in [0.25, 0.3) is 5.91 Å². The highest BCUT2D eigenvalue weighted by Gasteiger charge is 2.35. The van der Waals surface area contributed by atoms with E-state index in [1.165, 1.54) is 7.11 Å². The predicted octanol–water partition coefficient (Wildman–Crippen LogP) is 3.48. The highest BCUT2D eigenvalue weighted by molar-refractivity contribution is 7.10. The Labute approximate surface area is 163 Å². The van der Waals surface area contributed by atoms with Gasteiger partial charge in [-0.25, -0.2) is 5.01 Å². The Morgan fingerprint density at radius 2 is 2.11 bits per heavy atom. The fraction of sp³-hybridized carbons (Fsp3) is 0.400. The lowest BCUT2D eigenvalue weighted by atomic mass is 10.0. The van der Waals surface area contributed by atoms with Crippen LogP contribution in [-0.2, 0) is 4.79 Å². The van der Waals surface area contributed by atoms with Gasteiger partial charge in [-0.05, 0) is 36.7 Å². The Kier molecular flexibility index (Phi) is 6.13. The number of aromatic hydroxyl groups is 1. The van der Waals surface area contributed by atoms with E-state index >= 15 is 0 Å². The summed E-state index contributed by atoms with van der Waals surface area (Å²) in [6, 6.07) is 9.19. The molecule has 1 N–H and O–H groups in total. The topological polar surface area (TPSA) is 65.4 Å². The van der Waals surface area contributed by atoms with Crippen LogP contribution in [0.1, 0.15) is 36.8 Å². The summed E-state index contributed by atoms with van der Waals surface area (Å²) in [4.78, 5) is 16.1. The molecule has 1 aliphatic rings. The SMILES string of the molecule is CCN(CC)CC(=O)N1N=C(c2cccc(OC)c2O)C[C@@H]1c1cccs1. The number of phenolic OH excluding ortho intramolecular Hbond substituents is 1. The van der Waals surface area contributed by atoms with E-state index in [1.807, 2.05) is 37.4 Å². The second-order valence-electron chi connectivity index (χ2n) is 6.34. The zero-order valence-electron chi connectivity index (χ0n) is 15.9. The van der Waals surface area contributed by atoms with Gasteiger partial charge in [-0.1, -0.05) is 26.0 Å². The van der Waals surface area contributed by atoms with Crippen molar-refractivity contribution in [1.29, 1.82) is 0 Å². The third-order valence-electron chi connectivity index (χ3n) is 4.82. The number of rotatable bonds is 7. The second-order valence-corrected chi connectivity index (χ2v) is 7.32. The molecule has 0 saturated carbocycles. The summed E-state index contributed by atoms with van der Waals surface area (Å²) < 4.78 is 5.21. The number of phenols is 1. The lowest BCUT2D eigenvalue weighted by Crippen LogP contribution is -2.37. The minimum atomic E-state index is -0.145. The molecule has 6 nitrogen and oxygen atoms in total. The number of likely N-dealkylation sites (N-methyl/N-ethyl adjacent to an activating group) is 1. The standard InChI is InChI=1S/C20H25N3O3S/c1-4-22(5-2)13-19(24)23-16(18-10-7-11-27-18)12-15(21-23)14-8-6-9-17(26-3)20(14)25/h6-11,16,25H,4-5,12-13H2,1-3H3/t16-/m1/s1. The van der Waals surface area contributed by atoms with Crippen molar-refractivity contribution < 1.29 is 14.6 Å². The van der Waals surface area contributed by atoms with E-state index in [1.54, 1.807) is 28.5 Å². The quantitative estimate of drug-likeness (QED) is 0.790. The van der Waals surface area contributed by atoms with Gasteiger partial charge in [0, 0.05) is 16.9 Å². The molecule has 2 aromatic rings. The smallest absolute Gasteiger partial charge is 0.257 e. The summed E-state index contributed by atoms with van der Waals surface area (Å²) in [6.45, 7) is 6.04. The van der Waals surface area contributed by atoms with Gasteiger partial charge in [-0.3, -0.25) is 9.69 Å². The molecule has 3 rings (SSSR count). The summed E-state index contributed by atoms with van der Waals surface area (Å²) in [5, 5.41) is 18.7. The highest BCUT2D eigenvalue weighted by Crippen LogP contribution is 2.38. The van der Waals surface area contributed by atoms with Crippen LogP contribution in [0.5, 0.6) is 11.5 Å². The van der Waals surface area contributed by atoms with Crippen molar-refractivity contribution in [3.8, 4) is 11.5 Å². The van der Waals surface area contributed by atoms with Crippen LogP contribution in [0.2, 0.25) is 0 Å². The van der Waals surface area contributed by atoms with Crippen molar-refractivity contribution in [1.82, 2.24) is 9.91 Å². The number of carbonyl (C=O) groups is 1. The molecule has 0 unspecified atom stereocenters. The Balaban J connectivity index is 1.93. The van der Waals surface area contributed by atoms with Gasteiger partial charge < -0.3 is 9.84 Å². The largest absolute Gasteiger partial charge is 0.504 e. The normalized spacial score (nSPS) is 16.7. The predicted molar refractivity (Wildman–Crippen MR) is 108 cm³/mol.